The Bertz CT molecular complexity index is 808. The number of hydrogen-bond acceptors (Lipinski definition) is 4. The molecule has 1 aromatic carbocycles. The standard InChI is InChI=1S/C15H16Cl2N2O2S2/c1-10-9-22-14(18-10)15(7-2-3-8-15)19-23(20,21)13-11(16)5-4-6-12(13)17/h4-6,9,19H,2-3,7-8H2,1H3. The van der Waals surface area contributed by atoms with Crippen LogP contribution in [0, 0.1) is 6.92 Å². The topological polar surface area (TPSA) is 59.1 Å². The minimum absolute atomic E-state index is 0.0668. The molecule has 1 aliphatic carbocycles. The summed E-state index contributed by atoms with van der Waals surface area (Å²) in [5.41, 5.74) is 0.228. The highest BCUT2D eigenvalue weighted by Gasteiger charge is 2.42. The van der Waals surface area contributed by atoms with Crippen molar-refractivity contribution >= 4 is 44.6 Å². The van der Waals surface area contributed by atoms with Crippen molar-refractivity contribution in [2.24, 2.45) is 0 Å². The van der Waals surface area contributed by atoms with Crippen LogP contribution in [0.3, 0.4) is 0 Å². The third kappa shape index (κ3) is 3.28. The zero-order chi connectivity index (χ0) is 16.7. The number of sulfonamides is 1. The maximum Gasteiger partial charge on any atom is 0.244 e. The van der Waals surface area contributed by atoms with Crippen LogP contribution in [0.4, 0.5) is 0 Å². The Morgan fingerprint density at radius 3 is 2.35 bits per heavy atom. The van der Waals surface area contributed by atoms with Gasteiger partial charge in [0, 0.05) is 11.1 Å². The van der Waals surface area contributed by atoms with E-state index in [1.165, 1.54) is 23.5 Å². The summed E-state index contributed by atoms with van der Waals surface area (Å²) in [4.78, 5) is 4.45. The van der Waals surface area contributed by atoms with Crippen LogP contribution >= 0.6 is 34.5 Å². The molecule has 1 saturated carbocycles. The van der Waals surface area contributed by atoms with Gasteiger partial charge in [0.2, 0.25) is 10.0 Å². The van der Waals surface area contributed by atoms with Crippen LogP contribution in [-0.4, -0.2) is 13.4 Å². The molecular formula is C15H16Cl2N2O2S2. The second kappa shape index (κ2) is 6.33. The molecule has 4 nitrogen and oxygen atoms in total. The molecule has 2 aromatic rings. The molecule has 3 rings (SSSR count). The summed E-state index contributed by atoms with van der Waals surface area (Å²) < 4.78 is 28.7. The lowest BCUT2D eigenvalue weighted by Gasteiger charge is -2.28. The third-order valence-corrected chi connectivity index (χ3v) is 7.66. The smallest absolute Gasteiger partial charge is 0.244 e. The number of thiazole rings is 1. The zero-order valence-electron chi connectivity index (χ0n) is 12.5. The number of rotatable bonds is 4. The summed E-state index contributed by atoms with van der Waals surface area (Å²) >= 11 is 13.6. The molecule has 8 heteroatoms. The lowest BCUT2D eigenvalue weighted by Crippen LogP contribution is -2.43. The Hall–Kier alpha value is -0.660. The van der Waals surface area contributed by atoms with Gasteiger partial charge in [-0.05, 0) is 31.9 Å². The van der Waals surface area contributed by atoms with E-state index in [4.69, 9.17) is 23.2 Å². The molecule has 0 aliphatic heterocycles. The van der Waals surface area contributed by atoms with Crippen LogP contribution in [0.5, 0.6) is 0 Å². The maximum atomic E-state index is 12.9. The number of nitrogens with zero attached hydrogens (tertiary/aromatic N) is 1. The predicted molar refractivity (Wildman–Crippen MR) is 93.8 cm³/mol. The Morgan fingerprint density at radius 1 is 1.22 bits per heavy atom. The van der Waals surface area contributed by atoms with Crippen LogP contribution in [-0.2, 0) is 15.6 Å². The van der Waals surface area contributed by atoms with Crippen LogP contribution in [0.2, 0.25) is 10.0 Å². The van der Waals surface area contributed by atoms with Crippen LogP contribution in [0.1, 0.15) is 36.4 Å². The van der Waals surface area contributed by atoms with E-state index in [9.17, 15) is 8.42 Å². The van der Waals surface area contributed by atoms with Crippen molar-refractivity contribution < 1.29 is 8.42 Å². The van der Waals surface area contributed by atoms with E-state index in [2.05, 4.69) is 9.71 Å². The van der Waals surface area contributed by atoms with E-state index in [0.29, 0.717) is 0 Å². The molecule has 0 atom stereocenters. The summed E-state index contributed by atoms with van der Waals surface area (Å²) in [5, 5.41) is 2.98. The molecule has 0 saturated heterocycles. The predicted octanol–water partition coefficient (Wildman–Crippen LogP) is 4.51. The Balaban J connectivity index is 2.04. The zero-order valence-corrected chi connectivity index (χ0v) is 15.6. The number of aryl methyl sites for hydroxylation is 1. The van der Waals surface area contributed by atoms with Gasteiger partial charge in [-0.3, -0.25) is 0 Å². The monoisotopic (exact) mass is 390 g/mol. The second-order valence-electron chi connectivity index (χ2n) is 5.74. The summed E-state index contributed by atoms with van der Waals surface area (Å²) in [6, 6.07) is 4.67. The molecule has 23 heavy (non-hydrogen) atoms. The molecule has 1 N–H and O–H groups in total. The van der Waals surface area contributed by atoms with Crippen LogP contribution in [0.25, 0.3) is 0 Å². The highest BCUT2D eigenvalue weighted by Crippen LogP contribution is 2.42. The SMILES string of the molecule is Cc1csc(C2(NS(=O)(=O)c3c(Cl)cccc3Cl)CCCC2)n1. The summed E-state index contributed by atoms with van der Waals surface area (Å²) in [6.45, 7) is 1.90. The van der Waals surface area contributed by atoms with Crippen molar-refractivity contribution in [1.29, 1.82) is 0 Å². The van der Waals surface area contributed by atoms with Gasteiger partial charge in [0.1, 0.15) is 9.90 Å². The highest BCUT2D eigenvalue weighted by molar-refractivity contribution is 7.89. The van der Waals surface area contributed by atoms with E-state index < -0.39 is 15.6 Å². The molecule has 1 fully saturated rings. The summed E-state index contributed by atoms with van der Waals surface area (Å²) in [7, 11) is -3.85. The first-order valence-corrected chi connectivity index (χ1v) is 10.4. The van der Waals surface area contributed by atoms with Gasteiger partial charge in [-0.2, -0.15) is 4.72 Å². The van der Waals surface area contributed by atoms with Gasteiger partial charge < -0.3 is 0 Å². The molecule has 0 bridgehead atoms. The Kier molecular flexibility index (Phi) is 4.73. The average Bonchev–Trinajstić information content (AvgIpc) is 3.08. The third-order valence-electron chi connectivity index (χ3n) is 4.00. The minimum atomic E-state index is -3.85. The van der Waals surface area contributed by atoms with Gasteiger partial charge >= 0.3 is 0 Å². The highest BCUT2D eigenvalue weighted by atomic mass is 35.5. The lowest BCUT2D eigenvalue weighted by molar-refractivity contribution is 0.402. The Labute approximate surface area is 149 Å². The van der Waals surface area contributed by atoms with E-state index in [1.54, 1.807) is 6.07 Å². The lowest BCUT2D eigenvalue weighted by atomic mass is 10.0. The normalized spacial score (nSPS) is 17.5. The number of benzene rings is 1. The van der Waals surface area contributed by atoms with Gasteiger partial charge in [-0.25, -0.2) is 13.4 Å². The quantitative estimate of drug-likeness (QED) is 0.835. The molecule has 1 heterocycles. The first kappa shape index (κ1) is 17.2. The average molecular weight is 391 g/mol. The van der Waals surface area contributed by atoms with Gasteiger partial charge in [0.15, 0.2) is 0 Å². The molecular weight excluding hydrogens is 375 g/mol. The first-order chi connectivity index (χ1) is 10.8. The van der Waals surface area contributed by atoms with Gasteiger partial charge in [-0.1, -0.05) is 42.1 Å². The number of nitrogens with one attached hydrogen (secondary N) is 1. The first-order valence-electron chi connectivity index (χ1n) is 7.25. The van der Waals surface area contributed by atoms with E-state index >= 15 is 0 Å². The molecule has 1 aliphatic rings. The summed E-state index contributed by atoms with van der Waals surface area (Å²) in [5.74, 6) is 0. The maximum absolute atomic E-state index is 12.9. The van der Waals surface area contributed by atoms with Gasteiger partial charge in [0.25, 0.3) is 0 Å². The van der Waals surface area contributed by atoms with Crippen molar-refractivity contribution in [3.63, 3.8) is 0 Å². The largest absolute Gasteiger partial charge is 0.245 e. The fourth-order valence-electron chi connectivity index (χ4n) is 2.96. The number of halogens is 2. The van der Waals surface area contributed by atoms with E-state index in [1.807, 2.05) is 12.3 Å². The number of aromatic nitrogens is 1. The van der Waals surface area contributed by atoms with Gasteiger partial charge in [0.05, 0.1) is 15.6 Å². The molecule has 1 aromatic heterocycles. The van der Waals surface area contributed by atoms with Crippen molar-refractivity contribution in [3.05, 3.63) is 44.3 Å². The second-order valence-corrected chi connectivity index (χ2v) is 9.03. The molecule has 124 valence electrons. The summed E-state index contributed by atoms with van der Waals surface area (Å²) in [6.07, 6.45) is 3.36. The molecule has 0 spiro atoms. The van der Waals surface area contributed by atoms with Crippen molar-refractivity contribution in [2.45, 2.75) is 43.0 Å². The van der Waals surface area contributed by atoms with Crippen molar-refractivity contribution in [2.75, 3.05) is 0 Å². The van der Waals surface area contributed by atoms with E-state index in [0.717, 1.165) is 36.4 Å². The van der Waals surface area contributed by atoms with Crippen molar-refractivity contribution in [1.82, 2.24) is 9.71 Å². The van der Waals surface area contributed by atoms with Gasteiger partial charge in [-0.15, -0.1) is 11.3 Å². The van der Waals surface area contributed by atoms with Crippen molar-refractivity contribution in [3.8, 4) is 0 Å². The fourth-order valence-corrected chi connectivity index (χ4v) is 6.61. The molecule has 0 radical (unpaired) electrons. The Morgan fingerprint density at radius 2 is 1.83 bits per heavy atom. The van der Waals surface area contributed by atoms with Crippen LogP contribution < -0.4 is 4.72 Å². The minimum Gasteiger partial charge on any atom is -0.245 e. The molecule has 0 amide bonds. The molecule has 0 unspecified atom stereocenters. The number of hydrogen-bond donors (Lipinski definition) is 1. The fraction of sp³-hybridized carbons (Fsp3) is 0.400. The van der Waals surface area contributed by atoms with Crippen LogP contribution in [0.15, 0.2) is 28.5 Å². The van der Waals surface area contributed by atoms with E-state index in [-0.39, 0.29) is 14.9 Å².